The van der Waals surface area contributed by atoms with E-state index in [1.165, 1.54) is 0 Å². The molecule has 1 aromatic rings. The Morgan fingerprint density at radius 3 is 2.89 bits per heavy atom. The van der Waals surface area contributed by atoms with Crippen molar-refractivity contribution in [3.05, 3.63) is 28.2 Å². The number of carbonyl (C=O) groups excluding carboxylic acids is 1. The van der Waals surface area contributed by atoms with Gasteiger partial charge in [-0.3, -0.25) is 4.79 Å². The molecule has 2 N–H and O–H groups in total. The molecule has 0 heterocycles. The lowest BCUT2D eigenvalue weighted by molar-refractivity contribution is -0.127. The van der Waals surface area contributed by atoms with Gasteiger partial charge in [0.05, 0.1) is 11.1 Å². The van der Waals surface area contributed by atoms with Crippen LogP contribution in [0, 0.1) is 0 Å². The lowest BCUT2D eigenvalue weighted by Crippen LogP contribution is -2.36. The number of hydrogen-bond acceptors (Lipinski definition) is 3. The van der Waals surface area contributed by atoms with E-state index in [2.05, 4.69) is 21.2 Å². The Kier molecular flexibility index (Phi) is 6.15. The normalized spacial score (nSPS) is 12.0. The molecular formula is C13H18BrNO3. The van der Waals surface area contributed by atoms with Crippen LogP contribution in [-0.4, -0.2) is 23.7 Å². The molecule has 1 atom stereocenters. The van der Waals surface area contributed by atoms with Gasteiger partial charge in [-0.15, -0.1) is 0 Å². The molecule has 0 saturated heterocycles. The molecule has 0 saturated carbocycles. The van der Waals surface area contributed by atoms with Crippen LogP contribution in [0.2, 0.25) is 0 Å². The Morgan fingerprint density at radius 2 is 2.28 bits per heavy atom. The molecule has 0 radical (unpaired) electrons. The Balaban J connectivity index is 2.75. The summed E-state index contributed by atoms with van der Waals surface area (Å²) in [5.41, 5.74) is 0.652. The number of carbonyl (C=O) groups is 1. The minimum atomic E-state index is -0.597. The molecule has 0 bridgehead atoms. The molecule has 1 aromatic carbocycles. The van der Waals surface area contributed by atoms with Crippen molar-refractivity contribution in [1.29, 1.82) is 0 Å². The summed E-state index contributed by atoms with van der Waals surface area (Å²) in [6.45, 7) is 4.18. The zero-order valence-electron chi connectivity index (χ0n) is 10.6. The number of aliphatic hydroxyl groups excluding tert-OH is 1. The van der Waals surface area contributed by atoms with Crippen molar-refractivity contribution in [2.24, 2.45) is 0 Å². The van der Waals surface area contributed by atoms with E-state index >= 15 is 0 Å². The van der Waals surface area contributed by atoms with Crippen molar-refractivity contribution in [3.8, 4) is 5.75 Å². The minimum Gasteiger partial charge on any atom is -0.479 e. The summed E-state index contributed by atoms with van der Waals surface area (Å²) in [5, 5.41) is 12.0. The highest BCUT2D eigenvalue weighted by molar-refractivity contribution is 9.10. The topological polar surface area (TPSA) is 58.6 Å². The van der Waals surface area contributed by atoms with Gasteiger partial charge in [-0.2, -0.15) is 0 Å². The fraction of sp³-hybridized carbons (Fsp3) is 0.462. The largest absolute Gasteiger partial charge is 0.479 e. The average Bonchev–Trinajstić information content (AvgIpc) is 2.38. The van der Waals surface area contributed by atoms with Crippen LogP contribution < -0.4 is 10.1 Å². The molecule has 1 amide bonds. The van der Waals surface area contributed by atoms with Crippen molar-refractivity contribution in [2.75, 3.05) is 6.54 Å². The lowest BCUT2D eigenvalue weighted by Gasteiger charge is -2.17. The summed E-state index contributed by atoms with van der Waals surface area (Å²) < 4.78 is 6.33. The molecule has 0 fully saturated rings. The Bertz CT molecular complexity index is 409. The van der Waals surface area contributed by atoms with E-state index in [1.807, 2.05) is 19.1 Å². The smallest absolute Gasteiger partial charge is 0.260 e. The number of benzene rings is 1. The first-order chi connectivity index (χ1) is 8.60. The Morgan fingerprint density at radius 1 is 1.56 bits per heavy atom. The third-order valence-corrected chi connectivity index (χ3v) is 3.06. The molecule has 0 aliphatic rings. The van der Waals surface area contributed by atoms with E-state index in [9.17, 15) is 9.90 Å². The molecule has 18 heavy (non-hydrogen) atoms. The molecule has 0 spiro atoms. The van der Waals surface area contributed by atoms with Gasteiger partial charge in [0, 0.05) is 12.1 Å². The molecule has 0 aliphatic carbocycles. The van der Waals surface area contributed by atoms with Crippen LogP contribution in [0.4, 0.5) is 0 Å². The zero-order valence-corrected chi connectivity index (χ0v) is 12.2. The van der Waals surface area contributed by atoms with Crippen LogP contribution in [0.25, 0.3) is 0 Å². The highest BCUT2D eigenvalue weighted by Gasteiger charge is 2.17. The minimum absolute atomic E-state index is 0.127. The second-order valence-electron chi connectivity index (χ2n) is 3.94. The summed E-state index contributed by atoms with van der Waals surface area (Å²) in [6, 6.07) is 5.38. The number of hydrogen-bond donors (Lipinski definition) is 2. The van der Waals surface area contributed by atoms with Crippen molar-refractivity contribution >= 4 is 21.8 Å². The first kappa shape index (κ1) is 15.0. The van der Waals surface area contributed by atoms with Crippen LogP contribution in [0.5, 0.6) is 5.75 Å². The third kappa shape index (κ3) is 3.99. The second-order valence-corrected chi connectivity index (χ2v) is 4.79. The number of para-hydroxylation sites is 1. The number of aliphatic hydroxyl groups is 1. The number of rotatable bonds is 6. The molecule has 100 valence electrons. The van der Waals surface area contributed by atoms with Gasteiger partial charge in [0.2, 0.25) is 0 Å². The van der Waals surface area contributed by atoms with Gasteiger partial charge in [0.15, 0.2) is 6.10 Å². The van der Waals surface area contributed by atoms with Crippen LogP contribution in [-0.2, 0) is 11.4 Å². The van der Waals surface area contributed by atoms with Gasteiger partial charge in [0.1, 0.15) is 5.75 Å². The number of nitrogens with one attached hydrogen (secondary N) is 1. The fourth-order valence-electron chi connectivity index (χ4n) is 1.43. The van der Waals surface area contributed by atoms with Gasteiger partial charge in [-0.1, -0.05) is 19.1 Å². The van der Waals surface area contributed by atoms with Gasteiger partial charge in [-0.25, -0.2) is 0 Å². The molecule has 0 aliphatic heterocycles. The Hall–Kier alpha value is -1.07. The SMILES string of the molecule is CCCNC(=O)C(C)Oc1c(Br)cccc1CO. The maximum absolute atomic E-state index is 11.7. The van der Waals surface area contributed by atoms with E-state index in [-0.39, 0.29) is 12.5 Å². The molecule has 4 nitrogen and oxygen atoms in total. The molecular weight excluding hydrogens is 298 g/mol. The first-order valence-corrected chi connectivity index (χ1v) is 6.72. The average molecular weight is 316 g/mol. The fourth-order valence-corrected chi connectivity index (χ4v) is 1.93. The third-order valence-electron chi connectivity index (χ3n) is 2.43. The standard InChI is InChI=1S/C13H18BrNO3/c1-3-7-15-13(17)9(2)18-12-10(8-16)5-4-6-11(12)14/h4-6,9,16H,3,7-8H2,1-2H3,(H,15,17). The van der Waals surface area contributed by atoms with Crippen molar-refractivity contribution in [3.63, 3.8) is 0 Å². The van der Waals surface area contributed by atoms with E-state index in [4.69, 9.17) is 4.74 Å². The highest BCUT2D eigenvalue weighted by Crippen LogP contribution is 2.29. The van der Waals surface area contributed by atoms with Crippen LogP contribution >= 0.6 is 15.9 Å². The van der Waals surface area contributed by atoms with Gasteiger partial charge < -0.3 is 15.2 Å². The number of halogens is 1. The number of ether oxygens (including phenoxy) is 1. The first-order valence-electron chi connectivity index (χ1n) is 5.92. The van der Waals surface area contributed by atoms with Gasteiger partial charge in [-0.05, 0) is 35.3 Å². The maximum atomic E-state index is 11.7. The van der Waals surface area contributed by atoms with Crippen molar-refractivity contribution < 1.29 is 14.6 Å². The summed E-state index contributed by atoms with van der Waals surface area (Å²) in [7, 11) is 0. The summed E-state index contributed by atoms with van der Waals surface area (Å²) >= 11 is 3.35. The van der Waals surface area contributed by atoms with Crippen LogP contribution in [0.15, 0.2) is 22.7 Å². The van der Waals surface area contributed by atoms with E-state index < -0.39 is 6.10 Å². The van der Waals surface area contributed by atoms with E-state index in [1.54, 1.807) is 13.0 Å². The number of amides is 1. The van der Waals surface area contributed by atoms with Crippen LogP contribution in [0.1, 0.15) is 25.8 Å². The Labute approximate surface area is 115 Å². The molecule has 5 heteroatoms. The molecule has 0 aromatic heterocycles. The summed E-state index contributed by atoms with van der Waals surface area (Å²) in [5.74, 6) is 0.357. The summed E-state index contributed by atoms with van der Waals surface area (Å²) in [6.07, 6.45) is 0.288. The van der Waals surface area contributed by atoms with Gasteiger partial charge >= 0.3 is 0 Å². The van der Waals surface area contributed by atoms with Gasteiger partial charge in [0.25, 0.3) is 5.91 Å². The van der Waals surface area contributed by atoms with Crippen molar-refractivity contribution in [1.82, 2.24) is 5.32 Å². The zero-order chi connectivity index (χ0) is 13.5. The monoisotopic (exact) mass is 315 g/mol. The summed E-state index contributed by atoms with van der Waals surface area (Å²) in [4.78, 5) is 11.7. The predicted octanol–water partition coefficient (Wildman–Crippen LogP) is 2.23. The quantitative estimate of drug-likeness (QED) is 0.846. The van der Waals surface area contributed by atoms with Crippen LogP contribution in [0.3, 0.4) is 0 Å². The molecule has 1 rings (SSSR count). The highest BCUT2D eigenvalue weighted by atomic mass is 79.9. The van der Waals surface area contributed by atoms with E-state index in [0.29, 0.717) is 17.9 Å². The second kappa shape index (κ2) is 7.38. The predicted molar refractivity (Wildman–Crippen MR) is 73.5 cm³/mol. The maximum Gasteiger partial charge on any atom is 0.260 e. The van der Waals surface area contributed by atoms with E-state index in [0.717, 1.165) is 10.9 Å². The molecule has 1 unspecified atom stereocenters. The van der Waals surface area contributed by atoms with Crippen molar-refractivity contribution in [2.45, 2.75) is 33.0 Å². The lowest BCUT2D eigenvalue weighted by atomic mass is 10.2.